The second-order valence-corrected chi connectivity index (χ2v) is 4.57. The first kappa shape index (κ1) is 14.0. The van der Waals surface area contributed by atoms with Crippen molar-refractivity contribution in [2.75, 3.05) is 0 Å². The Labute approximate surface area is 107 Å². The van der Waals surface area contributed by atoms with Crippen LogP contribution in [0, 0.1) is 0 Å². The standard InChI is InChI=1S/C15H25NO.H2/c1-4-7-9-14(6-3)17-15-10-13(8-5-2)11-16-12-15;/h10-12,14H,4-9H2,1-3H3;1H/t14-;/m1./s1. The predicted molar refractivity (Wildman–Crippen MR) is 74.6 cm³/mol. The number of hydrogen-bond donors (Lipinski definition) is 0. The molecular formula is C15H27NO. The molecule has 1 rings (SSSR count). The van der Waals surface area contributed by atoms with Crippen molar-refractivity contribution in [3.05, 3.63) is 24.0 Å². The van der Waals surface area contributed by atoms with E-state index in [0.717, 1.165) is 31.4 Å². The second-order valence-electron chi connectivity index (χ2n) is 4.57. The van der Waals surface area contributed by atoms with Crippen molar-refractivity contribution in [2.45, 2.75) is 65.4 Å². The van der Waals surface area contributed by atoms with Crippen molar-refractivity contribution in [1.82, 2.24) is 4.98 Å². The smallest absolute Gasteiger partial charge is 0.138 e. The summed E-state index contributed by atoms with van der Waals surface area (Å²) in [5, 5.41) is 0. The highest BCUT2D eigenvalue weighted by Crippen LogP contribution is 2.17. The number of rotatable bonds is 8. The maximum atomic E-state index is 5.99. The van der Waals surface area contributed by atoms with Gasteiger partial charge in [0.25, 0.3) is 0 Å². The Morgan fingerprint density at radius 1 is 1.24 bits per heavy atom. The largest absolute Gasteiger partial charge is 0.489 e. The highest BCUT2D eigenvalue weighted by molar-refractivity contribution is 5.23. The van der Waals surface area contributed by atoms with Gasteiger partial charge in [0.2, 0.25) is 0 Å². The van der Waals surface area contributed by atoms with Crippen LogP contribution in [0.25, 0.3) is 0 Å². The summed E-state index contributed by atoms with van der Waals surface area (Å²) in [6.07, 6.45) is 11.0. The molecule has 0 aliphatic heterocycles. The third kappa shape index (κ3) is 5.20. The lowest BCUT2D eigenvalue weighted by Gasteiger charge is -2.17. The van der Waals surface area contributed by atoms with E-state index in [2.05, 4.69) is 31.8 Å². The van der Waals surface area contributed by atoms with Gasteiger partial charge in [-0.15, -0.1) is 0 Å². The quantitative estimate of drug-likeness (QED) is 0.657. The van der Waals surface area contributed by atoms with Gasteiger partial charge in [0.05, 0.1) is 12.3 Å². The minimum atomic E-state index is 0. The fraction of sp³-hybridized carbons (Fsp3) is 0.667. The van der Waals surface area contributed by atoms with E-state index >= 15 is 0 Å². The van der Waals surface area contributed by atoms with Gasteiger partial charge in [-0.05, 0) is 30.9 Å². The second kappa shape index (κ2) is 8.10. The van der Waals surface area contributed by atoms with Gasteiger partial charge in [-0.3, -0.25) is 4.98 Å². The summed E-state index contributed by atoms with van der Waals surface area (Å²) in [5.41, 5.74) is 1.27. The molecule has 0 saturated heterocycles. The van der Waals surface area contributed by atoms with Gasteiger partial charge in [-0.1, -0.05) is 40.0 Å². The average molecular weight is 237 g/mol. The average Bonchev–Trinajstić information content (AvgIpc) is 2.35. The molecule has 2 nitrogen and oxygen atoms in total. The summed E-state index contributed by atoms with van der Waals surface area (Å²) in [7, 11) is 0. The van der Waals surface area contributed by atoms with Crippen LogP contribution in [-0.2, 0) is 6.42 Å². The highest BCUT2D eigenvalue weighted by Gasteiger charge is 2.08. The monoisotopic (exact) mass is 237 g/mol. The van der Waals surface area contributed by atoms with Crippen molar-refractivity contribution in [3.8, 4) is 5.75 Å². The maximum absolute atomic E-state index is 5.99. The number of aryl methyl sites for hydroxylation is 1. The van der Waals surface area contributed by atoms with Gasteiger partial charge in [0.1, 0.15) is 5.75 Å². The molecule has 17 heavy (non-hydrogen) atoms. The summed E-state index contributed by atoms with van der Waals surface area (Å²) >= 11 is 0. The Bertz CT molecular complexity index is 317. The van der Waals surface area contributed by atoms with E-state index in [1.807, 2.05) is 12.4 Å². The number of ether oxygens (including phenoxy) is 1. The van der Waals surface area contributed by atoms with Crippen molar-refractivity contribution in [1.29, 1.82) is 0 Å². The Morgan fingerprint density at radius 2 is 2.06 bits per heavy atom. The van der Waals surface area contributed by atoms with Crippen LogP contribution in [0.15, 0.2) is 18.5 Å². The molecule has 1 aromatic rings. The fourth-order valence-electron chi connectivity index (χ4n) is 1.92. The van der Waals surface area contributed by atoms with Crippen molar-refractivity contribution >= 4 is 0 Å². The maximum Gasteiger partial charge on any atom is 0.138 e. The number of nitrogens with zero attached hydrogens (tertiary/aromatic N) is 1. The summed E-state index contributed by atoms with van der Waals surface area (Å²) in [6.45, 7) is 6.59. The normalized spacial score (nSPS) is 12.4. The Hall–Kier alpha value is -1.05. The van der Waals surface area contributed by atoms with Gasteiger partial charge < -0.3 is 4.74 Å². The van der Waals surface area contributed by atoms with E-state index in [1.165, 1.54) is 18.4 Å². The molecule has 0 bridgehead atoms. The number of hydrogen-bond acceptors (Lipinski definition) is 2. The molecule has 0 aliphatic rings. The molecule has 1 aromatic heterocycles. The SMILES string of the molecule is CCCC[C@@H](CC)Oc1cncc(CCC)c1.[HH]. The molecule has 0 aliphatic carbocycles. The molecule has 1 atom stereocenters. The van der Waals surface area contributed by atoms with E-state index in [9.17, 15) is 0 Å². The number of pyridine rings is 1. The molecule has 0 fully saturated rings. The van der Waals surface area contributed by atoms with E-state index < -0.39 is 0 Å². The van der Waals surface area contributed by atoms with Crippen LogP contribution in [-0.4, -0.2) is 11.1 Å². The van der Waals surface area contributed by atoms with E-state index in [-0.39, 0.29) is 1.43 Å². The number of aromatic nitrogens is 1. The lowest BCUT2D eigenvalue weighted by Crippen LogP contribution is -2.15. The molecule has 1 heterocycles. The molecule has 0 N–H and O–H groups in total. The number of unbranched alkanes of at least 4 members (excludes halogenated alkanes) is 1. The van der Waals surface area contributed by atoms with E-state index in [0.29, 0.717) is 6.10 Å². The Balaban J connectivity index is 0.00000289. The summed E-state index contributed by atoms with van der Waals surface area (Å²) in [4.78, 5) is 4.25. The molecule has 0 aromatic carbocycles. The first-order chi connectivity index (χ1) is 8.30. The zero-order chi connectivity index (χ0) is 12.5. The van der Waals surface area contributed by atoms with E-state index in [1.54, 1.807) is 0 Å². The third-order valence-electron chi connectivity index (χ3n) is 2.95. The van der Waals surface area contributed by atoms with Crippen molar-refractivity contribution < 1.29 is 6.16 Å². The van der Waals surface area contributed by atoms with Crippen LogP contribution >= 0.6 is 0 Å². The molecule has 0 spiro atoms. The fourth-order valence-corrected chi connectivity index (χ4v) is 1.92. The topological polar surface area (TPSA) is 22.1 Å². The first-order valence-corrected chi connectivity index (χ1v) is 6.90. The van der Waals surface area contributed by atoms with E-state index in [4.69, 9.17) is 4.74 Å². The first-order valence-electron chi connectivity index (χ1n) is 6.90. The van der Waals surface area contributed by atoms with Crippen LogP contribution in [0.3, 0.4) is 0 Å². The van der Waals surface area contributed by atoms with Gasteiger partial charge in [-0.2, -0.15) is 0 Å². The van der Waals surface area contributed by atoms with Crippen LogP contribution in [0.4, 0.5) is 0 Å². The Kier molecular flexibility index (Phi) is 6.68. The molecule has 0 unspecified atom stereocenters. The van der Waals surface area contributed by atoms with Gasteiger partial charge in [0, 0.05) is 7.62 Å². The summed E-state index contributed by atoms with van der Waals surface area (Å²) in [5.74, 6) is 0.930. The van der Waals surface area contributed by atoms with Crippen LogP contribution in [0.1, 0.15) is 59.9 Å². The molecule has 98 valence electrons. The van der Waals surface area contributed by atoms with Gasteiger partial charge in [0.15, 0.2) is 0 Å². The predicted octanol–water partition coefficient (Wildman–Crippen LogP) is 4.63. The minimum absolute atomic E-state index is 0. The lowest BCUT2D eigenvalue weighted by atomic mass is 10.1. The van der Waals surface area contributed by atoms with Crippen LogP contribution < -0.4 is 4.74 Å². The van der Waals surface area contributed by atoms with Gasteiger partial charge >= 0.3 is 0 Å². The zero-order valence-corrected chi connectivity index (χ0v) is 11.4. The van der Waals surface area contributed by atoms with Crippen molar-refractivity contribution in [2.24, 2.45) is 0 Å². The molecule has 2 heteroatoms. The zero-order valence-electron chi connectivity index (χ0n) is 11.4. The van der Waals surface area contributed by atoms with Gasteiger partial charge in [-0.25, -0.2) is 0 Å². The Morgan fingerprint density at radius 3 is 2.71 bits per heavy atom. The molecule has 0 radical (unpaired) electrons. The van der Waals surface area contributed by atoms with Crippen LogP contribution in [0.5, 0.6) is 5.75 Å². The summed E-state index contributed by atoms with van der Waals surface area (Å²) < 4.78 is 5.99. The summed E-state index contributed by atoms with van der Waals surface area (Å²) in [6, 6.07) is 2.13. The highest BCUT2D eigenvalue weighted by atomic mass is 16.5. The molecule has 0 saturated carbocycles. The molecular weight excluding hydrogens is 210 g/mol. The van der Waals surface area contributed by atoms with Crippen LogP contribution in [0.2, 0.25) is 0 Å². The molecule has 0 amide bonds. The third-order valence-corrected chi connectivity index (χ3v) is 2.95. The lowest BCUT2D eigenvalue weighted by molar-refractivity contribution is 0.182. The van der Waals surface area contributed by atoms with Crippen molar-refractivity contribution in [3.63, 3.8) is 0 Å². The minimum Gasteiger partial charge on any atom is -0.489 e.